The number of benzene rings is 2. The maximum Gasteiger partial charge on any atom is 0.234 e. The van der Waals surface area contributed by atoms with Crippen molar-refractivity contribution in [2.45, 2.75) is 11.9 Å². The van der Waals surface area contributed by atoms with Crippen LogP contribution in [-0.2, 0) is 4.79 Å². The van der Waals surface area contributed by atoms with Crippen LogP contribution in [0.5, 0.6) is 0 Å². The molecule has 4 rings (SSSR count). The SMILES string of the molecule is Cc1ccc2[nH]c3c(SCC(=O)Nc4cc(F)ccc4Cl)ncnc3c2c1. The fraction of sp³-hybridized carbons (Fsp3) is 0.105. The minimum atomic E-state index is -0.465. The zero-order valence-electron chi connectivity index (χ0n) is 14.2. The molecule has 2 aromatic carbocycles. The average Bonchev–Trinajstić information content (AvgIpc) is 3.01. The van der Waals surface area contributed by atoms with Gasteiger partial charge in [0.2, 0.25) is 5.91 Å². The Hall–Kier alpha value is -2.64. The molecule has 0 atom stereocenters. The number of fused-ring (bicyclic) bond motifs is 3. The van der Waals surface area contributed by atoms with Crippen LogP contribution in [0.1, 0.15) is 5.56 Å². The standard InChI is InChI=1S/C19H14ClFN4OS/c1-10-2-5-14-12(6-10)17-18(25-14)19(23-9-22-17)27-8-16(26)24-15-7-11(21)3-4-13(15)20/h2-7,9,25H,8H2,1H3,(H,24,26). The third-order valence-electron chi connectivity index (χ3n) is 4.04. The normalized spacial score (nSPS) is 11.2. The van der Waals surface area contributed by atoms with Crippen molar-refractivity contribution >= 4 is 56.9 Å². The maximum atomic E-state index is 13.3. The largest absolute Gasteiger partial charge is 0.351 e. The Morgan fingerprint density at radius 1 is 1.26 bits per heavy atom. The molecule has 2 aromatic heterocycles. The Labute approximate surface area is 163 Å². The third-order valence-corrected chi connectivity index (χ3v) is 5.36. The number of aryl methyl sites for hydroxylation is 1. The number of anilines is 1. The van der Waals surface area contributed by atoms with Crippen LogP contribution in [0.15, 0.2) is 47.8 Å². The number of aromatic nitrogens is 3. The van der Waals surface area contributed by atoms with Crippen LogP contribution in [0, 0.1) is 12.7 Å². The molecule has 0 spiro atoms. The Morgan fingerprint density at radius 3 is 2.96 bits per heavy atom. The van der Waals surface area contributed by atoms with Gasteiger partial charge in [-0.15, -0.1) is 0 Å². The molecular formula is C19H14ClFN4OS. The summed E-state index contributed by atoms with van der Waals surface area (Å²) in [6.07, 6.45) is 1.49. The van der Waals surface area contributed by atoms with Crippen LogP contribution in [0.4, 0.5) is 10.1 Å². The monoisotopic (exact) mass is 400 g/mol. The lowest BCUT2D eigenvalue weighted by atomic mass is 10.2. The van der Waals surface area contributed by atoms with E-state index in [4.69, 9.17) is 11.6 Å². The Kier molecular flexibility index (Phi) is 4.72. The van der Waals surface area contributed by atoms with Gasteiger partial charge in [0.05, 0.1) is 22.0 Å². The van der Waals surface area contributed by atoms with Crippen LogP contribution in [0.2, 0.25) is 5.02 Å². The number of halogens is 2. The Bertz CT molecular complexity index is 1180. The highest BCUT2D eigenvalue weighted by Gasteiger charge is 2.13. The number of carbonyl (C=O) groups excluding carboxylic acids is 1. The molecule has 27 heavy (non-hydrogen) atoms. The molecule has 0 bridgehead atoms. The summed E-state index contributed by atoms with van der Waals surface area (Å²) in [5.74, 6) is -0.660. The van der Waals surface area contributed by atoms with Gasteiger partial charge >= 0.3 is 0 Å². The number of thioether (sulfide) groups is 1. The second-order valence-electron chi connectivity index (χ2n) is 6.04. The summed E-state index contributed by atoms with van der Waals surface area (Å²) in [6.45, 7) is 2.02. The fourth-order valence-corrected chi connectivity index (χ4v) is 3.73. The van der Waals surface area contributed by atoms with E-state index in [0.717, 1.165) is 27.5 Å². The smallest absolute Gasteiger partial charge is 0.234 e. The van der Waals surface area contributed by atoms with Gasteiger partial charge in [0.25, 0.3) is 0 Å². The van der Waals surface area contributed by atoms with Crippen molar-refractivity contribution in [1.82, 2.24) is 15.0 Å². The predicted octanol–water partition coefficient (Wildman–Crippen LogP) is 4.94. The van der Waals surface area contributed by atoms with Crippen LogP contribution in [0.25, 0.3) is 21.9 Å². The summed E-state index contributed by atoms with van der Waals surface area (Å²) in [5.41, 5.74) is 3.96. The van der Waals surface area contributed by atoms with Gasteiger partial charge in [0.1, 0.15) is 22.7 Å². The van der Waals surface area contributed by atoms with Crippen LogP contribution in [-0.4, -0.2) is 26.6 Å². The van der Waals surface area contributed by atoms with E-state index >= 15 is 0 Å². The Morgan fingerprint density at radius 2 is 2.11 bits per heavy atom. The van der Waals surface area contributed by atoms with Crippen molar-refractivity contribution in [3.63, 3.8) is 0 Å². The number of rotatable bonds is 4. The van der Waals surface area contributed by atoms with E-state index in [9.17, 15) is 9.18 Å². The van der Waals surface area contributed by atoms with Gasteiger partial charge in [-0.1, -0.05) is 35.0 Å². The van der Waals surface area contributed by atoms with E-state index in [1.54, 1.807) is 0 Å². The summed E-state index contributed by atoms with van der Waals surface area (Å²) in [5, 5.41) is 4.59. The van der Waals surface area contributed by atoms with E-state index in [1.807, 2.05) is 19.1 Å². The Balaban J connectivity index is 1.56. The lowest BCUT2D eigenvalue weighted by Crippen LogP contribution is -2.14. The second kappa shape index (κ2) is 7.17. The zero-order chi connectivity index (χ0) is 19.0. The van der Waals surface area contributed by atoms with Crippen molar-refractivity contribution in [3.8, 4) is 0 Å². The molecule has 4 aromatic rings. The van der Waals surface area contributed by atoms with E-state index < -0.39 is 5.82 Å². The van der Waals surface area contributed by atoms with Gasteiger partial charge < -0.3 is 10.3 Å². The molecule has 8 heteroatoms. The first-order valence-corrected chi connectivity index (χ1v) is 9.48. The van der Waals surface area contributed by atoms with E-state index in [1.165, 1.54) is 36.3 Å². The van der Waals surface area contributed by atoms with Crippen LogP contribution >= 0.6 is 23.4 Å². The number of H-pyrrole nitrogens is 1. The summed E-state index contributed by atoms with van der Waals surface area (Å²) in [7, 11) is 0. The molecule has 0 fully saturated rings. The lowest BCUT2D eigenvalue weighted by Gasteiger charge is -2.07. The van der Waals surface area contributed by atoms with Gasteiger partial charge in [-0.3, -0.25) is 4.79 Å². The third kappa shape index (κ3) is 3.61. The molecule has 0 saturated carbocycles. The lowest BCUT2D eigenvalue weighted by molar-refractivity contribution is -0.113. The average molecular weight is 401 g/mol. The number of aromatic amines is 1. The fourth-order valence-electron chi connectivity index (χ4n) is 2.81. The highest BCUT2D eigenvalue weighted by Crippen LogP contribution is 2.30. The molecule has 5 nitrogen and oxygen atoms in total. The summed E-state index contributed by atoms with van der Waals surface area (Å²) < 4.78 is 13.3. The topological polar surface area (TPSA) is 70.7 Å². The number of amides is 1. The number of nitrogens with one attached hydrogen (secondary N) is 2. The summed E-state index contributed by atoms with van der Waals surface area (Å²) >= 11 is 7.26. The number of carbonyl (C=O) groups is 1. The van der Waals surface area contributed by atoms with Gasteiger partial charge in [0, 0.05) is 10.9 Å². The van der Waals surface area contributed by atoms with Gasteiger partial charge in [-0.2, -0.15) is 0 Å². The first kappa shape index (κ1) is 17.8. The minimum absolute atomic E-state index is 0.105. The summed E-state index contributed by atoms with van der Waals surface area (Å²) in [4.78, 5) is 24.2. The van der Waals surface area contributed by atoms with Gasteiger partial charge in [-0.25, -0.2) is 14.4 Å². The number of hydrogen-bond donors (Lipinski definition) is 2. The number of nitrogens with zero attached hydrogens (tertiary/aromatic N) is 2. The predicted molar refractivity (Wildman–Crippen MR) is 107 cm³/mol. The highest BCUT2D eigenvalue weighted by molar-refractivity contribution is 8.00. The second-order valence-corrected chi connectivity index (χ2v) is 7.41. The maximum absolute atomic E-state index is 13.3. The molecule has 0 saturated heterocycles. The molecule has 2 heterocycles. The molecule has 136 valence electrons. The van der Waals surface area contributed by atoms with Crippen molar-refractivity contribution in [2.75, 3.05) is 11.1 Å². The van der Waals surface area contributed by atoms with Crippen LogP contribution in [0.3, 0.4) is 0 Å². The molecule has 0 radical (unpaired) electrons. The molecule has 0 aliphatic carbocycles. The van der Waals surface area contributed by atoms with Gasteiger partial charge in [-0.05, 0) is 37.3 Å². The minimum Gasteiger partial charge on any atom is -0.351 e. The van der Waals surface area contributed by atoms with Crippen molar-refractivity contribution in [3.05, 3.63) is 59.1 Å². The van der Waals surface area contributed by atoms with Crippen LogP contribution < -0.4 is 5.32 Å². The van der Waals surface area contributed by atoms with Crippen molar-refractivity contribution in [1.29, 1.82) is 0 Å². The molecule has 0 unspecified atom stereocenters. The number of hydrogen-bond acceptors (Lipinski definition) is 4. The van der Waals surface area contributed by atoms with Crippen molar-refractivity contribution in [2.24, 2.45) is 0 Å². The summed E-state index contributed by atoms with van der Waals surface area (Å²) in [6, 6.07) is 9.91. The zero-order valence-corrected chi connectivity index (χ0v) is 15.8. The van der Waals surface area contributed by atoms with Crippen molar-refractivity contribution < 1.29 is 9.18 Å². The van der Waals surface area contributed by atoms with E-state index in [2.05, 4.69) is 26.3 Å². The van der Waals surface area contributed by atoms with E-state index in [-0.39, 0.29) is 22.4 Å². The molecule has 1 amide bonds. The quantitative estimate of drug-likeness (QED) is 0.376. The highest BCUT2D eigenvalue weighted by atomic mass is 35.5. The van der Waals surface area contributed by atoms with E-state index in [0.29, 0.717) is 5.03 Å². The van der Waals surface area contributed by atoms with Gasteiger partial charge in [0.15, 0.2) is 0 Å². The first-order valence-electron chi connectivity index (χ1n) is 8.12. The first-order chi connectivity index (χ1) is 13.0. The molecule has 0 aliphatic rings. The molecular weight excluding hydrogens is 387 g/mol. The molecule has 0 aliphatic heterocycles. The molecule has 2 N–H and O–H groups in total.